The van der Waals surface area contributed by atoms with E-state index >= 15 is 0 Å². The zero-order chi connectivity index (χ0) is 12.6. The Morgan fingerprint density at radius 2 is 1.88 bits per heavy atom. The van der Waals surface area contributed by atoms with Gasteiger partial charge in [-0.2, -0.15) is 13.2 Å². The Morgan fingerprint density at radius 1 is 1.29 bits per heavy atom. The molecule has 0 radical (unpaired) electrons. The van der Waals surface area contributed by atoms with Gasteiger partial charge in [-0.1, -0.05) is 30.3 Å². The second-order valence-electron chi connectivity index (χ2n) is 4.20. The fourth-order valence-electron chi connectivity index (χ4n) is 2.09. The van der Waals surface area contributed by atoms with Crippen molar-refractivity contribution in [1.82, 2.24) is 4.90 Å². The molecule has 1 aromatic rings. The molecule has 0 saturated carbocycles. The van der Waals surface area contributed by atoms with Crippen molar-refractivity contribution in [2.24, 2.45) is 0 Å². The number of ketones is 1. The van der Waals surface area contributed by atoms with Crippen molar-refractivity contribution >= 4 is 5.78 Å². The number of carbonyl (C=O) groups excluding carboxylic acids is 1. The highest BCUT2D eigenvalue weighted by Gasteiger charge is 2.64. The summed E-state index contributed by atoms with van der Waals surface area (Å²) in [4.78, 5) is 12.3. The lowest BCUT2D eigenvalue weighted by Crippen LogP contribution is -2.22. The zero-order valence-electron chi connectivity index (χ0n) is 9.24. The predicted molar refractivity (Wildman–Crippen MR) is 56.3 cm³/mol. The molecule has 0 N–H and O–H groups in total. The quantitative estimate of drug-likeness (QED) is 0.760. The molecule has 3 atom stereocenters. The molecule has 0 bridgehead atoms. The van der Waals surface area contributed by atoms with E-state index in [1.165, 1.54) is 11.8 Å². The molecule has 1 heterocycles. The van der Waals surface area contributed by atoms with Gasteiger partial charge in [0.1, 0.15) is 11.8 Å². The number of hydrogen-bond acceptors (Lipinski definition) is 2. The summed E-state index contributed by atoms with van der Waals surface area (Å²) in [7, 11) is 0. The van der Waals surface area contributed by atoms with Crippen LogP contribution in [-0.4, -0.2) is 28.9 Å². The van der Waals surface area contributed by atoms with E-state index in [2.05, 4.69) is 0 Å². The van der Waals surface area contributed by atoms with Crippen LogP contribution in [-0.2, 0) is 11.3 Å². The van der Waals surface area contributed by atoms with Crippen LogP contribution in [0, 0.1) is 0 Å². The van der Waals surface area contributed by atoms with Crippen molar-refractivity contribution in [2.45, 2.75) is 31.7 Å². The molecule has 0 spiro atoms. The van der Waals surface area contributed by atoms with Crippen LogP contribution < -0.4 is 0 Å². The standard InChI is InChI=1S/C12H12F3NO/c1-8(17)10-11(12(13,14)15)16(10)7-9-5-3-2-4-6-9/h2-6,10-11H,7H2,1H3/t10?,11-,16+/m0/s1. The van der Waals surface area contributed by atoms with E-state index in [9.17, 15) is 18.0 Å². The van der Waals surface area contributed by atoms with Gasteiger partial charge in [-0.25, -0.2) is 0 Å². The van der Waals surface area contributed by atoms with Gasteiger partial charge in [-0.05, 0) is 12.5 Å². The molecular formula is C12H12F3NO. The molecule has 0 aliphatic carbocycles. The second-order valence-corrected chi connectivity index (χ2v) is 4.20. The molecule has 1 aliphatic heterocycles. The van der Waals surface area contributed by atoms with E-state index in [-0.39, 0.29) is 6.54 Å². The van der Waals surface area contributed by atoms with E-state index in [0.717, 1.165) is 5.56 Å². The number of hydrogen-bond donors (Lipinski definition) is 0. The average Bonchev–Trinajstić information content (AvgIpc) is 2.93. The molecule has 0 aromatic heterocycles. The zero-order valence-corrected chi connectivity index (χ0v) is 9.24. The SMILES string of the molecule is CC(=O)C1[C@@H](C(F)(F)F)[N@]1Cc1ccccc1. The molecule has 2 nitrogen and oxygen atoms in total. The normalized spacial score (nSPS) is 27.9. The first-order chi connectivity index (χ1) is 7.91. The van der Waals surface area contributed by atoms with Gasteiger partial charge >= 0.3 is 6.18 Å². The minimum atomic E-state index is -4.33. The third-order valence-electron chi connectivity index (χ3n) is 2.88. The summed E-state index contributed by atoms with van der Waals surface area (Å²) in [6, 6.07) is 6.23. The number of alkyl halides is 3. The molecule has 1 aliphatic rings. The molecule has 92 valence electrons. The van der Waals surface area contributed by atoms with Crippen LogP contribution in [0.25, 0.3) is 0 Å². The summed E-state index contributed by atoms with van der Waals surface area (Å²) in [6.07, 6.45) is -4.33. The molecule has 1 aromatic carbocycles. The van der Waals surface area contributed by atoms with Crippen molar-refractivity contribution in [3.8, 4) is 0 Å². The highest BCUT2D eigenvalue weighted by atomic mass is 19.4. The number of benzene rings is 1. The molecule has 0 amide bonds. The van der Waals surface area contributed by atoms with Crippen molar-refractivity contribution < 1.29 is 18.0 Å². The van der Waals surface area contributed by atoms with E-state index in [4.69, 9.17) is 0 Å². The number of Topliss-reactive ketones (excluding diaryl/α,β-unsaturated/α-hetero) is 1. The Labute approximate surface area is 97.0 Å². The van der Waals surface area contributed by atoms with Crippen molar-refractivity contribution in [2.75, 3.05) is 0 Å². The smallest absolute Gasteiger partial charge is 0.298 e. The van der Waals surface area contributed by atoms with E-state index in [1.807, 2.05) is 0 Å². The van der Waals surface area contributed by atoms with Crippen LogP contribution in [0.3, 0.4) is 0 Å². The van der Waals surface area contributed by atoms with Gasteiger partial charge in [0.2, 0.25) is 0 Å². The van der Waals surface area contributed by atoms with Gasteiger partial charge in [0.15, 0.2) is 0 Å². The number of halogens is 3. The maximum atomic E-state index is 12.6. The molecule has 17 heavy (non-hydrogen) atoms. The maximum Gasteiger partial charge on any atom is 0.406 e. The summed E-state index contributed by atoms with van der Waals surface area (Å²) in [6.45, 7) is 1.36. The predicted octanol–water partition coefficient (Wildman–Crippen LogP) is 2.39. The second kappa shape index (κ2) is 4.14. The first-order valence-electron chi connectivity index (χ1n) is 5.28. The summed E-state index contributed by atoms with van der Waals surface area (Å²) in [5, 5.41) is 0. The lowest BCUT2D eigenvalue weighted by molar-refractivity contribution is -0.139. The Hall–Kier alpha value is -1.36. The lowest BCUT2D eigenvalue weighted by Gasteiger charge is -2.06. The summed E-state index contributed by atoms with van der Waals surface area (Å²) < 4.78 is 37.8. The van der Waals surface area contributed by atoms with E-state index in [1.54, 1.807) is 30.3 Å². The summed E-state index contributed by atoms with van der Waals surface area (Å²) in [5.74, 6) is -0.428. The Morgan fingerprint density at radius 3 is 2.29 bits per heavy atom. The monoisotopic (exact) mass is 243 g/mol. The first-order valence-corrected chi connectivity index (χ1v) is 5.28. The van der Waals surface area contributed by atoms with E-state index in [0.29, 0.717) is 0 Å². The van der Waals surface area contributed by atoms with Gasteiger partial charge in [-0.15, -0.1) is 0 Å². The van der Waals surface area contributed by atoms with Crippen molar-refractivity contribution in [1.29, 1.82) is 0 Å². The molecule has 5 heteroatoms. The molecular weight excluding hydrogens is 231 g/mol. The maximum absolute atomic E-state index is 12.6. The molecule has 1 unspecified atom stereocenters. The summed E-state index contributed by atoms with van der Waals surface area (Å²) >= 11 is 0. The van der Waals surface area contributed by atoms with Crippen LogP contribution in [0.2, 0.25) is 0 Å². The van der Waals surface area contributed by atoms with Crippen molar-refractivity contribution in [3.63, 3.8) is 0 Å². The minimum Gasteiger partial charge on any atom is -0.298 e. The third-order valence-corrected chi connectivity index (χ3v) is 2.88. The fraction of sp³-hybridized carbons (Fsp3) is 0.417. The minimum absolute atomic E-state index is 0.162. The molecule has 1 saturated heterocycles. The van der Waals surface area contributed by atoms with Crippen LogP contribution in [0.1, 0.15) is 12.5 Å². The third kappa shape index (κ3) is 2.49. The van der Waals surface area contributed by atoms with Gasteiger partial charge in [-0.3, -0.25) is 9.69 Å². The Bertz CT molecular complexity index is 416. The Balaban J connectivity index is 2.09. The number of nitrogens with zero attached hydrogens (tertiary/aromatic N) is 1. The van der Waals surface area contributed by atoms with Crippen LogP contribution in [0.4, 0.5) is 13.2 Å². The lowest BCUT2D eigenvalue weighted by atomic mass is 10.2. The van der Waals surface area contributed by atoms with Gasteiger partial charge in [0.25, 0.3) is 0 Å². The van der Waals surface area contributed by atoms with Gasteiger partial charge in [0, 0.05) is 6.54 Å². The van der Waals surface area contributed by atoms with Gasteiger partial charge in [0.05, 0.1) is 6.04 Å². The highest BCUT2D eigenvalue weighted by Crippen LogP contribution is 2.42. The highest BCUT2D eigenvalue weighted by molar-refractivity contribution is 5.85. The van der Waals surface area contributed by atoms with E-state index < -0.39 is 24.0 Å². The molecule has 1 fully saturated rings. The molecule has 2 rings (SSSR count). The van der Waals surface area contributed by atoms with Crippen molar-refractivity contribution in [3.05, 3.63) is 35.9 Å². The largest absolute Gasteiger partial charge is 0.406 e. The topological polar surface area (TPSA) is 20.1 Å². The number of carbonyl (C=O) groups is 1. The number of rotatable bonds is 3. The van der Waals surface area contributed by atoms with Crippen LogP contribution in [0.15, 0.2) is 30.3 Å². The first kappa shape index (κ1) is 12.1. The average molecular weight is 243 g/mol. The Kier molecular flexibility index (Phi) is 2.95. The summed E-state index contributed by atoms with van der Waals surface area (Å²) in [5.41, 5.74) is 0.783. The van der Waals surface area contributed by atoms with Crippen LogP contribution >= 0.6 is 0 Å². The van der Waals surface area contributed by atoms with Crippen LogP contribution in [0.5, 0.6) is 0 Å². The van der Waals surface area contributed by atoms with Gasteiger partial charge < -0.3 is 0 Å². The fourth-order valence-corrected chi connectivity index (χ4v) is 2.09.